The van der Waals surface area contributed by atoms with Gasteiger partial charge in [-0.05, 0) is 44.0 Å². The summed E-state index contributed by atoms with van der Waals surface area (Å²) < 4.78 is 5.13. The number of benzene rings is 1. The lowest BCUT2D eigenvalue weighted by Crippen LogP contribution is -2.50. The van der Waals surface area contributed by atoms with E-state index < -0.39 is 11.5 Å². The molecular weight excluding hydrogens is 328 g/mol. The molecule has 1 fully saturated rings. The number of likely N-dealkylation sites (tertiary alicyclic amines) is 1. The zero-order valence-electron chi connectivity index (χ0n) is 13.5. The van der Waals surface area contributed by atoms with Gasteiger partial charge in [-0.3, -0.25) is 4.79 Å². The number of amides is 1. The number of carbonyl (C=O) groups excluding carboxylic acids is 1. The van der Waals surface area contributed by atoms with Crippen molar-refractivity contribution < 1.29 is 19.4 Å². The Labute approximate surface area is 143 Å². The molecule has 1 saturated heterocycles. The van der Waals surface area contributed by atoms with E-state index in [0.717, 1.165) is 16.3 Å². The maximum atomic E-state index is 12.7. The van der Waals surface area contributed by atoms with Crippen LogP contribution in [0, 0.1) is 0 Å². The molecule has 1 aromatic carbocycles. The number of thiazole rings is 1. The molecule has 3 rings (SSSR count). The third-order valence-electron chi connectivity index (χ3n) is 4.40. The lowest BCUT2D eigenvalue weighted by molar-refractivity contribution is -0.147. The average molecular weight is 346 g/mol. The zero-order valence-corrected chi connectivity index (χ0v) is 14.3. The number of nitrogens with zero attached hydrogens (tertiary/aromatic N) is 2. The number of carboxylic acid groups (broad SMARTS) is 1. The molecule has 1 amide bonds. The first-order valence-electron chi connectivity index (χ1n) is 7.61. The highest BCUT2D eigenvalue weighted by Gasteiger charge is 2.46. The number of aromatic nitrogens is 1. The Hall–Kier alpha value is -2.41. The van der Waals surface area contributed by atoms with Crippen molar-refractivity contribution in [2.75, 3.05) is 13.7 Å². The van der Waals surface area contributed by atoms with Crippen molar-refractivity contribution in [3.8, 4) is 16.3 Å². The largest absolute Gasteiger partial charge is 0.497 e. The topological polar surface area (TPSA) is 79.7 Å². The fourth-order valence-electron chi connectivity index (χ4n) is 2.88. The highest BCUT2D eigenvalue weighted by Crippen LogP contribution is 2.33. The van der Waals surface area contributed by atoms with Crippen LogP contribution in [0.2, 0.25) is 0 Å². The van der Waals surface area contributed by atoms with Gasteiger partial charge < -0.3 is 14.7 Å². The fourth-order valence-corrected chi connectivity index (χ4v) is 3.75. The number of carbonyl (C=O) groups is 2. The molecular formula is C17H18N2O4S. The molecule has 1 unspecified atom stereocenters. The van der Waals surface area contributed by atoms with Crippen LogP contribution in [-0.2, 0) is 4.79 Å². The predicted octanol–water partition coefficient (Wildman–Crippen LogP) is 2.90. The molecule has 1 aromatic heterocycles. The Morgan fingerprint density at radius 3 is 2.67 bits per heavy atom. The number of ether oxygens (including phenoxy) is 1. The molecule has 126 valence electrons. The van der Waals surface area contributed by atoms with Crippen molar-refractivity contribution in [3.05, 3.63) is 35.3 Å². The standard InChI is InChI=1S/C17H18N2O4S/c1-17(16(21)22)8-3-9-19(17)15(20)13-10-18-14(24-13)11-4-6-12(23-2)7-5-11/h4-7,10H,3,8-9H2,1-2H3,(H,21,22). The summed E-state index contributed by atoms with van der Waals surface area (Å²) in [5.74, 6) is -0.483. The summed E-state index contributed by atoms with van der Waals surface area (Å²) in [6, 6.07) is 7.42. The number of carboxylic acids is 1. The van der Waals surface area contributed by atoms with Gasteiger partial charge in [0.2, 0.25) is 0 Å². The summed E-state index contributed by atoms with van der Waals surface area (Å²) in [6.45, 7) is 2.06. The van der Waals surface area contributed by atoms with Crippen LogP contribution in [0.1, 0.15) is 29.4 Å². The Balaban J connectivity index is 1.84. The van der Waals surface area contributed by atoms with Crippen LogP contribution in [-0.4, -0.2) is 46.1 Å². The van der Waals surface area contributed by atoms with Gasteiger partial charge in [0, 0.05) is 12.1 Å². The van der Waals surface area contributed by atoms with Crippen LogP contribution >= 0.6 is 11.3 Å². The molecule has 24 heavy (non-hydrogen) atoms. The third-order valence-corrected chi connectivity index (χ3v) is 5.43. The van der Waals surface area contributed by atoms with Crippen LogP contribution in [0.25, 0.3) is 10.6 Å². The first-order chi connectivity index (χ1) is 11.5. The first kappa shape index (κ1) is 16.4. The van der Waals surface area contributed by atoms with Gasteiger partial charge >= 0.3 is 5.97 Å². The molecule has 0 aliphatic carbocycles. The molecule has 1 atom stereocenters. The summed E-state index contributed by atoms with van der Waals surface area (Å²) in [4.78, 5) is 30.5. The van der Waals surface area contributed by atoms with E-state index in [1.54, 1.807) is 14.0 Å². The van der Waals surface area contributed by atoms with Crippen LogP contribution < -0.4 is 4.74 Å². The second-order valence-corrected chi connectivity index (χ2v) is 6.93. The van der Waals surface area contributed by atoms with Gasteiger partial charge in [-0.1, -0.05) is 0 Å². The van der Waals surface area contributed by atoms with E-state index >= 15 is 0 Å². The van der Waals surface area contributed by atoms with E-state index in [1.807, 2.05) is 24.3 Å². The van der Waals surface area contributed by atoms with Crippen molar-refractivity contribution >= 4 is 23.2 Å². The number of aliphatic carboxylic acids is 1. The van der Waals surface area contributed by atoms with Gasteiger partial charge in [-0.25, -0.2) is 9.78 Å². The molecule has 1 aliphatic heterocycles. The molecule has 2 heterocycles. The first-order valence-corrected chi connectivity index (χ1v) is 8.43. The fraction of sp³-hybridized carbons (Fsp3) is 0.353. The van der Waals surface area contributed by atoms with Crippen molar-refractivity contribution in [1.82, 2.24) is 9.88 Å². The van der Waals surface area contributed by atoms with Gasteiger partial charge in [0.15, 0.2) is 0 Å². The average Bonchev–Trinajstić information content (AvgIpc) is 3.22. The van der Waals surface area contributed by atoms with Gasteiger partial charge in [-0.15, -0.1) is 11.3 Å². The molecule has 0 saturated carbocycles. The molecule has 0 bridgehead atoms. The predicted molar refractivity (Wildman–Crippen MR) is 90.4 cm³/mol. The van der Waals surface area contributed by atoms with Gasteiger partial charge in [0.25, 0.3) is 5.91 Å². The number of rotatable bonds is 4. The third kappa shape index (κ3) is 2.75. The minimum atomic E-state index is -1.14. The molecule has 0 radical (unpaired) electrons. The van der Waals surface area contributed by atoms with Gasteiger partial charge in [0.05, 0.1) is 13.3 Å². The Bertz CT molecular complexity index is 771. The summed E-state index contributed by atoms with van der Waals surface area (Å²) in [5.41, 5.74) is -0.247. The Morgan fingerprint density at radius 1 is 1.33 bits per heavy atom. The van der Waals surface area contributed by atoms with Gasteiger partial charge in [-0.2, -0.15) is 0 Å². The van der Waals surface area contributed by atoms with Crippen molar-refractivity contribution in [1.29, 1.82) is 0 Å². The maximum absolute atomic E-state index is 12.7. The second-order valence-electron chi connectivity index (χ2n) is 5.90. The van der Waals surface area contributed by atoms with E-state index in [2.05, 4.69) is 4.98 Å². The Morgan fingerprint density at radius 2 is 2.04 bits per heavy atom. The maximum Gasteiger partial charge on any atom is 0.329 e. The summed E-state index contributed by atoms with van der Waals surface area (Å²) in [7, 11) is 1.60. The molecule has 6 nitrogen and oxygen atoms in total. The zero-order chi connectivity index (χ0) is 17.3. The monoisotopic (exact) mass is 346 g/mol. The van der Waals surface area contributed by atoms with E-state index in [1.165, 1.54) is 22.4 Å². The quantitative estimate of drug-likeness (QED) is 0.921. The second kappa shape index (κ2) is 6.24. The van der Waals surface area contributed by atoms with Gasteiger partial charge in [0.1, 0.15) is 21.2 Å². The van der Waals surface area contributed by atoms with E-state index in [-0.39, 0.29) is 5.91 Å². The molecule has 2 aromatic rings. The molecule has 1 aliphatic rings. The lowest BCUT2D eigenvalue weighted by atomic mass is 9.99. The molecule has 0 spiro atoms. The van der Waals surface area contributed by atoms with E-state index in [0.29, 0.717) is 24.3 Å². The molecule has 7 heteroatoms. The van der Waals surface area contributed by atoms with Crippen molar-refractivity contribution in [2.45, 2.75) is 25.3 Å². The highest BCUT2D eigenvalue weighted by molar-refractivity contribution is 7.16. The van der Waals surface area contributed by atoms with Crippen LogP contribution in [0.15, 0.2) is 30.5 Å². The molecule has 1 N–H and O–H groups in total. The van der Waals surface area contributed by atoms with Crippen molar-refractivity contribution in [3.63, 3.8) is 0 Å². The van der Waals surface area contributed by atoms with Crippen LogP contribution in [0.5, 0.6) is 5.75 Å². The normalized spacial score (nSPS) is 20.2. The van der Waals surface area contributed by atoms with E-state index in [9.17, 15) is 14.7 Å². The lowest BCUT2D eigenvalue weighted by Gasteiger charge is -2.30. The number of hydrogen-bond donors (Lipinski definition) is 1. The number of methoxy groups -OCH3 is 1. The minimum Gasteiger partial charge on any atom is -0.497 e. The van der Waals surface area contributed by atoms with Crippen molar-refractivity contribution in [2.24, 2.45) is 0 Å². The van der Waals surface area contributed by atoms with Crippen LogP contribution in [0.4, 0.5) is 0 Å². The smallest absolute Gasteiger partial charge is 0.329 e. The van der Waals surface area contributed by atoms with Crippen LogP contribution in [0.3, 0.4) is 0 Å². The summed E-state index contributed by atoms with van der Waals surface area (Å²) in [5, 5.41) is 10.2. The number of hydrogen-bond acceptors (Lipinski definition) is 5. The summed E-state index contributed by atoms with van der Waals surface area (Å²) >= 11 is 1.27. The van der Waals surface area contributed by atoms with E-state index in [4.69, 9.17) is 4.74 Å². The minimum absolute atomic E-state index is 0.269. The summed E-state index contributed by atoms with van der Waals surface area (Å²) in [6.07, 6.45) is 2.68. The highest BCUT2D eigenvalue weighted by atomic mass is 32.1. The Kier molecular flexibility index (Phi) is 4.28. The SMILES string of the molecule is COc1ccc(-c2ncc(C(=O)N3CCCC3(C)C(=O)O)s2)cc1.